The van der Waals surface area contributed by atoms with Gasteiger partial charge in [-0.2, -0.15) is 0 Å². The molecule has 114 valence electrons. The van der Waals surface area contributed by atoms with E-state index in [1.165, 1.54) is 0 Å². The molecule has 21 heavy (non-hydrogen) atoms. The first-order valence-corrected chi connectivity index (χ1v) is 6.93. The molecule has 0 aromatic heterocycles. The summed E-state index contributed by atoms with van der Waals surface area (Å²) in [5, 5.41) is 14.8. The molecule has 0 spiro atoms. The number of carboxylic acids is 1. The van der Waals surface area contributed by atoms with Gasteiger partial charge in [0.1, 0.15) is 0 Å². The maximum Gasteiger partial charge on any atom is 0.307 e. The van der Waals surface area contributed by atoms with Gasteiger partial charge in [-0.1, -0.05) is 24.3 Å². The Hall–Kier alpha value is -1.92. The number of aliphatic carboxylic acids is 1. The normalized spacial score (nSPS) is 21.2. The van der Waals surface area contributed by atoms with Crippen LogP contribution in [0, 0.1) is 5.92 Å². The van der Waals surface area contributed by atoms with E-state index in [2.05, 4.69) is 10.6 Å². The Kier molecular flexibility index (Phi) is 5.30. The molecule has 0 bridgehead atoms. The fourth-order valence-electron chi connectivity index (χ4n) is 2.48. The highest BCUT2D eigenvalue weighted by Gasteiger charge is 2.32. The van der Waals surface area contributed by atoms with Crippen molar-refractivity contribution in [3.63, 3.8) is 0 Å². The second-order valence-corrected chi connectivity index (χ2v) is 5.10. The van der Waals surface area contributed by atoms with Crippen LogP contribution >= 0.6 is 0 Å². The van der Waals surface area contributed by atoms with Crippen LogP contribution in [0.4, 0.5) is 0 Å². The summed E-state index contributed by atoms with van der Waals surface area (Å²) >= 11 is 0. The lowest BCUT2D eigenvalue weighted by Crippen LogP contribution is -2.42. The van der Waals surface area contributed by atoms with Crippen LogP contribution in [0.25, 0.3) is 0 Å². The van der Waals surface area contributed by atoms with E-state index < -0.39 is 5.97 Å². The smallest absolute Gasteiger partial charge is 0.307 e. The summed E-state index contributed by atoms with van der Waals surface area (Å²) in [7, 11) is 1.81. The van der Waals surface area contributed by atoms with Crippen molar-refractivity contribution in [2.24, 2.45) is 5.92 Å². The first kappa shape index (κ1) is 15.5. The monoisotopic (exact) mass is 292 g/mol. The van der Waals surface area contributed by atoms with E-state index in [0.29, 0.717) is 19.8 Å². The van der Waals surface area contributed by atoms with E-state index in [9.17, 15) is 9.59 Å². The second-order valence-electron chi connectivity index (χ2n) is 5.10. The summed E-state index contributed by atoms with van der Waals surface area (Å²) in [5.41, 5.74) is 1.55. The Labute approximate surface area is 123 Å². The molecule has 0 aliphatic carbocycles. The summed E-state index contributed by atoms with van der Waals surface area (Å²) in [6.45, 7) is 1.27. The topological polar surface area (TPSA) is 87.7 Å². The molecule has 3 N–H and O–H groups in total. The molecule has 1 aliphatic heterocycles. The summed E-state index contributed by atoms with van der Waals surface area (Å²) in [4.78, 5) is 23.0. The number of carbonyl (C=O) groups is 2. The van der Waals surface area contributed by atoms with Gasteiger partial charge in [-0.3, -0.25) is 9.59 Å². The van der Waals surface area contributed by atoms with Crippen LogP contribution < -0.4 is 10.6 Å². The largest absolute Gasteiger partial charge is 0.481 e. The molecule has 2 rings (SSSR count). The molecule has 1 aromatic carbocycles. The van der Waals surface area contributed by atoms with Crippen molar-refractivity contribution in [1.82, 2.24) is 10.6 Å². The number of carbonyl (C=O) groups excluding carboxylic acids is 1. The number of nitrogens with one attached hydrogen (secondary N) is 2. The van der Waals surface area contributed by atoms with Gasteiger partial charge < -0.3 is 20.5 Å². The number of ether oxygens (including phenoxy) is 1. The van der Waals surface area contributed by atoms with Gasteiger partial charge in [0, 0.05) is 12.6 Å². The highest BCUT2D eigenvalue weighted by atomic mass is 16.5. The zero-order valence-electron chi connectivity index (χ0n) is 12.0. The van der Waals surface area contributed by atoms with E-state index in [4.69, 9.17) is 9.84 Å². The van der Waals surface area contributed by atoms with E-state index >= 15 is 0 Å². The third-order valence-electron chi connectivity index (χ3n) is 3.70. The third-order valence-corrected chi connectivity index (χ3v) is 3.70. The van der Waals surface area contributed by atoms with Crippen molar-refractivity contribution in [3.8, 4) is 0 Å². The summed E-state index contributed by atoms with van der Waals surface area (Å²) in [6, 6.07) is 7.26. The highest BCUT2D eigenvalue weighted by Crippen LogP contribution is 2.14. The molecule has 1 amide bonds. The molecule has 6 nitrogen and oxygen atoms in total. The minimum absolute atomic E-state index is 0.0271. The van der Waals surface area contributed by atoms with Gasteiger partial charge in [0.05, 0.1) is 25.6 Å². The van der Waals surface area contributed by atoms with E-state index in [-0.39, 0.29) is 24.3 Å². The van der Waals surface area contributed by atoms with Crippen molar-refractivity contribution in [2.75, 3.05) is 20.3 Å². The molecule has 0 radical (unpaired) electrons. The first-order chi connectivity index (χ1) is 10.1. The fraction of sp³-hybridized carbons (Fsp3) is 0.467. The van der Waals surface area contributed by atoms with Crippen molar-refractivity contribution in [3.05, 3.63) is 35.4 Å². The summed E-state index contributed by atoms with van der Waals surface area (Å²) in [6.07, 6.45) is -0.0439. The van der Waals surface area contributed by atoms with Crippen LogP contribution in [-0.4, -0.2) is 43.3 Å². The molecular formula is C15H20N2O4. The van der Waals surface area contributed by atoms with Crippen molar-refractivity contribution >= 4 is 11.9 Å². The number of likely N-dealkylation sites (N-methyl/N-ethyl adjacent to an activating group) is 1. The Morgan fingerprint density at radius 1 is 1.29 bits per heavy atom. The van der Waals surface area contributed by atoms with Gasteiger partial charge in [-0.25, -0.2) is 0 Å². The zero-order valence-corrected chi connectivity index (χ0v) is 12.0. The average Bonchev–Trinajstić information content (AvgIpc) is 2.94. The Morgan fingerprint density at radius 2 is 2.00 bits per heavy atom. The molecule has 2 unspecified atom stereocenters. The zero-order chi connectivity index (χ0) is 15.2. The minimum Gasteiger partial charge on any atom is -0.481 e. The predicted octanol–water partition coefficient (Wildman–Crippen LogP) is 0.164. The summed E-state index contributed by atoms with van der Waals surface area (Å²) in [5.74, 6) is -1.16. The lowest BCUT2D eigenvalue weighted by molar-refractivity contribution is -0.136. The maximum absolute atomic E-state index is 12.2. The SMILES string of the molecule is CNC1COCC1C(=O)NCc1ccccc1CC(=O)O. The molecule has 1 heterocycles. The van der Waals surface area contributed by atoms with Crippen LogP contribution in [0.5, 0.6) is 0 Å². The van der Waals surface area contributed by atoms with E-state index in [1.807, 2.05) is 19.2 Å². The standard InChI is InChI=1S/C15H20N2O4/c1-16-13-9-21-8-12(13)15(20)17-7-11-5-3-2-4-10(11)6-14(18)19/h2-5,12-13,16H,6-9H2,1H3,(H,17,20)(H,18,19). The molecular weight excluding hydrogens is 272 g/mol. The average molecular weight is 292 g/mol. The number of benzene rings is 1. The number of carboxylic acid groups (broad SMARTS) is 1. The molecule has 1 aliphatic rings. The van der Waals surface area contributed by atoms with Gasteiger partial charge in [0.2, 0.25) is 5.91 Å². The lowest BCUT2D eigenvalue weighted by Gasteiger charge is -2.17. The van der Waals surface area contributed by atoms with Crippen LogP contribution in [0.2, 0.25) is 0 Å². The van der Waals surface area contributed by atoms with E-state index in [1.54, 1.807) is 12.1 Å². The molecule has 0 saturated carbocycles. The Balaban J connectivity index is 1.96. The number of rotatable bonds is 6. The van der Waals surface area contributed by atoms with Gasteiger partial charge in [0.15, 0.2) is 0 Å². The van der Waals surface area contributed by atoms with Gasteiger partial charge in [-0.05, 0) is 18.2 Å². The van der Waals surface area contributed by atoms with Crippen LogP contribution in [-0.2, 0) is 27.3 Å². The lowest BCUT2D eigenvalue weighted by atomic mass is 10.0. The summed E-state index contributed by atoms with van der Waals surface area (Å²) < 4.78 is 5.31. The second kappa shape index (κ2) is 7.19. The van der Waals surface area contributed by atoms with Crippen LogP contribution in [0.1, 0.15) is 11.1 Å². The number of hydrogen-bond acceptors (Lipinski definition) is 4. The molecule has 2 atom stereocenters. The van der Waals surface area contributed by atoms with Crippen molar-refractivity contribution in [1.29, 1.82) is 0 Å². The van der Waals surface area contributed by atoms with Gasteiger partial charge in [0.25, 0.3) is 0 Å². The van der Waals surface area contributed by atoms with Crippen LogP contribution in [0.15, 0.2) is 24.3 Å². The predicted molar refractivity (Wildman–Crippen MR) is 76.8 cm³/mol. The molecule has 1 fully saturated rings. The third kappa shape index (κ3) is 4.03. The van der Waals surface area contributed by atoms with E-state index in [0.717, 1.165) is 11.1 Å². The highest BCUT2D eigenvalue weighted by molar-refractivity contribution is 5.80. The molecule has 6 heteroatoms. The number of amides is 1. The first-order valence-electron chi connectivity index (χ1n) is 6.93. The minimum atomic E-state index is -0.881. The van der Waals surface area contributed by atoms with Crippen molar-refractivity contribution < 1.29 is 19.4 Å². The van der Waals surface area contributed by atoms with Crippen molar-refractivity contribution in [2.45, 2.75) is 19.0 Å². The Morgan fingerprint density at radius 3 is 2.67 bits per heavy atom. The van der Waals surface area contributed by atoms with Gasteiger partial charge >= 0.3 is 5.97 Å². The fourth-order valence-corrected chi connectivity index (χ4v) is 2.48. The molecule has 1 aromatic rings. The Bertz CT molecular complexity index is 518. The maximum atomic E-state index is 12.2. The number of hydrogen-bond donors (Lipinski definition) is 3. The molecule has 1 saturated heterocycles. The van der Waals surface area contributed by atoms with Gasteiger partial charge in [-0.15, -0.1) is 0 Å². The van der Waals surface area contributed by atoms with Crippen LogP contribution in [0.3, 0.4) is 0 Å². The quantitative estimate of drug-likeness (QED) is 0.695.